The van der Waals surface area contributed by atoms with Gasteiger partial charge >= 0.3 is 11.9 Å². The highest BCUT2D eigenvalue weighted by molar-refractivity contribution is 5.82. The Hall–Kier alpha value is -4.01. The Bertz CT molecular complexity index is 1170. The van der Waals surface area contributed by atoms with Gasteiger partial charge in [0.25, 0.3) is 0 Å². The van der Waals surface area contributed by atoms with Gasteiger partial charge in [0.1, 0.15) is 0 Å². The molecule has 178 valence electrons. The number of ether oxygens (including phenoxy) is 2. The summed E-state index contributed by atoms with van der Waals surface area (Å²) in [5.74, 6) is -1.12. The number of aromatic nitrogens is 2. The van der Waals surface area contributed by atoms with Gasteiger partial charge in [-0.05, 0) is 56.2 Å². The lowest BCUT2D eigenvalue weighted by molar-refractivity contribution is -0.148. The van der Waals surface area contributed by atoms with Crippen molar-refractivity contribution < 1.29 is 23.5 Å². The van der Waals surface area contributed by atoms with Gasteiger partial charge in [0, 0.05) is 11.4 Å². The molecule has 34 heavy (non-hydrogen) atoms. The van der Waals surface area contributed by atoms with Crippen molar-refractivity contribution in [3.63, 3.8) is 0 Å². The minimum absolute atomic E-state index is 0.0133. The van der Waals surface area contributed by atoms with Gasteiger partial charge in [-0.15, -0.1) is 0 Å². The van der Waals surface area contributed by atoms with Gasteiger partial charge in [-0.25, -0.2) is 9.37 Å². The summed E-state index contributed by atoms with van der Waals surface area (Å²) >= 11 is 0. The molecule has 2 aromatic carbocycles. The molecule has 0 aliphatic heterocycles. The molecule has 2 N–H and O–H groups in total. The summed E-state index contributed by atoms with van der Waals surface area (Å²) in [5.41, 5.74) is 1.95. The molecule has 0 saturated carbocycles. The molecule has 0 spiro atoms. The molecule has 0 atom stereocenters. The van der Waals surface area contributed by atoms with Gasteiger partial charge in [0.05, 0.1) is 31.7 Å². The number of nitrogens with one attached hydrogen (secondary N) is 2. The maximum Gasteiger partial charge on any atom is 0.315 e. The average Bonchev–Trinajstić information content (AvgIpc) is 2.82. The summed E-state index contributed by atoms with van der Waals surface area (Å²) in [6.07, 6.45) is 1.19. The lowest BCUT2D eigenvalue weighted by Crippen LogP contribution is -2.31. The summed E-state index contributed by atoms with van der Waals surface area (Å²) in [6.45, 7) is 5.64. The standard InChI is InChI=1S/C25H27FN4O4/c1-5-34-23(32)25(2,3)17-9-11-18(12-10-17)28-22-20(26)15-27-24(30-22)29-19-8-6-7-16(13-19)14-21(31)33-4/h6-13,15H,5,14H2,1-4H3,(H2,27,28,29,30). The second-order valence-corrected chi connectivity index (χ2v) is 8.02. The Balaban J connectivity index is 1.74. The predicted molar refractivity (Wildman–Crippen MR) is 127 cm³/mol. The first-order valence-corrected chi connectivity index (χ1v) is 10.7. The van der Waals surface area contributed by atoms with Gasteiger partial charge < -0.3 is 20.1 Å². The van der Waals surface area contributed by atoms with Crippen LogP contribution in [0.5, 0.6) is 0 Å². The van der Waals surface area contributed by atoms with Crippen LogP contribution in [0.25, 0.3) is 0 Å². The minimum Gasteiger partial charge on any atom is -0.469 e. The molecule has 0 radical (unpaired) electrons. The van der Waals surface area contributed by atoms with E-state index in [0.717, 1.165) is 17.3 Å². The fourth-order valence-electron chi connectivity index (χ4n) is 3.18. The molecule has 0 amide bonds. The first-order valence-electron chi connectivity index (χ1n) is 10.7. The Morgan fingerprint density at radius 2 is 1.79 bits per heavy atom. The van der Waals surface area contributed by atoms with Crippen molar-refractivity contribution >= 4 is 35.1 Å². The van der Waals surface area contributed by atoms with E-state index < -0.39 is 11.2 Å². The molecule has 0 aliphatic rings. The third-order valence-electron chi connectivity index (χ3n) is 5.16. The zero-order valence-corrected chi connectivity index (χ0v) is 19.5. The van der Waals surface area contributed by atoms with E-state index in [1.165, 1.54) is 7.11 Å². The lowest BCUT2D eigenvalue weighted by Gasteiger charge is -2.23. The van der Waals surface area contributed by atoms with Crippen molar-refractivity contribution in [2.75, 3.05) is 24.4 Å². The molecule has 8 nitrogen and oxygen atoms in total. The SMILES string of the molecule is CCOC(=O)C(C)(C)c1ccc(Nc2nc(Nc3cccc(CC(=O)OC)c3)ncc2F)cc1. The van der Waals surface area contributed by atoms with E-state index in [1.807, 2.05) is 0 Å². The van der Waals surface area contributed by atoms with E-state index >= 15 is 0 Å². The number of carbonyl (C=O) groups excluding carboxylic acids is 2. The van der Waals surface area contributed by atoms with E-state index in [-0.39, 0.29) is 30.1 Å². The predicted octanol–water partition coefficient (Wildman–Crippen LogP) is 4.66. The smallest absolute Gasteiger partial charge is 0.315 e. The highest BCUT2D eigenvalue weighted by Crippen LogP contribution is 2.27. The van der Waals surface area contributed by atoms with Crippen molar-refractivity contribution in [2.24, 2.45) is 0 Å². The first kappa shape index (κ1) is 24.6. The van der Waals surface area contributed by atoms with Crippen LogP contribution in [0.4, 0.5) is 27.5 Å². The first-order chi connectivity index (χ1) is 16.2. The van der Waals surface area contributed by atoms with E-state index in [9.17, 15) is 14.0 Å². The van der Waals surface area contributed by atoms with Crippen LogP contribution >= 0.6 is 0 Å². The van der Waals surface area contributed by atoms with Crippen molar-refractivity contribution in [3.05, 3.63) is 71.7 Å². The van der Waals surface area contributed by atoms with E-state index in [0.29, 0.717) is 18.0 Å². The third kappa shape index (κ3) is 6.06. The van der Waals surface area contributed by atoms with Crippen LogP contribution in [-0.4, -0.2) is 35.6 Å². The van der Waals surface area contributed by atoms with Crippen LogP contribution < -0.4 is 10.6 Å². The third-order valence-corrected chi connectivity index (χ3v) is 5.16. The zero-order valence-electron chi connectivity index (χ0n) is 19.5. The molecular weight excluding hydrogens is 439 g/mol. The number of halogens is 1. The quantitative estimate of drug-likeness (QED) is 0.439. The van der Waals surface area contributed by atoms with Crippen LogP contribution in [0.2, 0.25) is 0 Å². The number of benzene rings is 2. The van der Waals surface area contributed by atoms with Gasteiger partial charge in [-0.1, -0.05) is 24.3 Å². The molecule has 0 bridgehead atoms. The number of anilines is 4. The molecule has 0 aliphatic carbocycles. The normalized spacial score (nSPS) is 11.0. The number of rotatable bonds is 9. The molecule has 9 heteroatoms. The molecule has 0 unspecified atom stereocenters. The lowest BCUT2D eigenvalue weighted by atomic mass is 9.84. The highest BCUT2D eigenvalue weighted by Gasteiger charge is 2.31. The number of esters is 2. The van der Waals surface area contributed by atoms with Crippen LogP contribution in [0.15, 0.2) is 54.7 Å². The largest absolute Gasteiger partial charge is 0.469 e. The number of hydrogen-bond donors (Lipinski definition) is 2. The van der Waals surface area contributed by atoms with E-state index in [4.69, 9.17) is 4.74 Å². The van der Waals surface area contributed by atoms with Gasteiger partial charge in [-0.3, -0.25) is 9.59 Å². The molecule has 1 aromatic heterocycles. The summed E-state index contributed by atoms with van der Waals surface area (Å²) in [6, 6.07) is 14.2. The number of nitrogens with zero attached hydrogens (tertiary/aromatic N) is 2. The monoisotopic (exact) mass is 466 g/mol. The van der Waals surface area contributed by atoms with Crippen molar-refractivity contribution in [1.82, 2.24) is 9.97 Å². The fourth-order valence-corrected chi connectivity index (χ4v) is 3.18. The van der Waals surface area contributed by atoms with Crippen LogP contribution in [0.1, 0.15) is 31.9 Å². The molecule has 3 rings (SSSR count). The molecule has 1 heterocycles. The number of hydrogen-bond acceptors (Lipinski definition) is 8. The Morgan fingerprint density at radius 1 is 1.06 bits per heavy atom. The fraction of sp³-hybridized carbons (Fsp3) is 0.280. The maximum atomic E-state index is 14.4. The second kappa shape index (κ2) is 10.7. The zero-order chi connectivity index (χ0) is 24.7. The Kier molecular flexibility index (Phi) is 7.78. The Labute approximate surface area is 197 Å². The van der Waals surface area contributed by atoms with E-state index in [2.05, 4.69) is 25.3 Å². The van der Waals surface area contributed by atoms with Crippen molar-refractivity contribution in [2.45, 2.75) is 32.6 Å². The van der Waals surface area contributed by atoms with Crippen LogP contribution in [0, 0.1) is 5.82 Å². The molecule has 0 saturated heterocycles. The second-order valence-electron chi connectivity index (χ2n) is 8.02. The minimum atomic E-state index is -0.811. The summed E-state index contributed by atoms with van der Waals surface area (Å²) in [4.78, 5) is 31.9. The molecule has 0 fully saturated rings. The maximum absolute atomic E-state index is 14.4. The van der Waals surface area contributed by atoms with Gasteiger partial charge in [-0.2, -0.15) is 4.98 Å². The van der Waals surface area contributed by atoms with Crippen molar-refractivity contribution in [3.8, 4) is 0 Å². The van der Waals surface area contributed by atoms with E-state index in [1.54, 1.807) is 69.3 Å². The molecule has 3 aromatic rings. The highest BCUT2D eigenvalue weighted by atomic mass is 19.1. The van der Waals surface area contributed by atoms with Gasteiger partial charge in [0.15, 0.2) is 11.6 Å². The Morgan fingerprint density at radius 3 is 2.47 bits per heavy atom. The molecular formula is C25H27FN4O4. The summed E-state index contributed by atoms with van der Waals surface area (Å²) in [7, 11) is 1.33. The van der Waals surface area contributed by atoms with Gasteiger partial charge in [0.2, 0.25) is 5.95 Å². The summed E-state index contributed by atoms with van der Waals surface area (Å²) < 4.78 is 24.2. The van der Waals surface area contributed by atoms with Crippen molar-refractivity contribution in [1.29, 1.82) is 0 Å². The average molecular weight is 467 g/mol. The summed E-state index contributed by atoms with van der Waals surface area (Å²) in [5, 5.41) is 5.94. The van der Waals surface area contributed by atoms with Crippen LogP contribution in [-0.2, 0) is 30.9 Å². The number of methoxy groups -OCH3 is 1. The topological polar surface area (TPSA) is 102 Å². The number of carbonyl (C=O) groups is 2. The van der Waals surface area contributed by atoms with Crippen LogP contribution in [0.3, 0.4) is 0 Å².